The Kier molecular flexibility index (Phi) is 5.48. The molecule has 0 radical (unpaired) electrons. The van der Waals surface area contributed by atoms with Crippen molar-refractivity contribution in [3.05, 3.63) is 40.6 Å². The standard InChI is InChI=1S/C21H28N4O4S/c1-12(2)22-21(26)29-18-7-5-14(9-18)19-13(3)20(25-24-19)23-17-6-4-15-10-30(27,28)11-16(15)8-17/h4,6,8,12,14,18H,5,7,9-11H2,1-3H3,(H,22,26)(H2,23,24,25)/t14-,18+/m0/s1. The lowest BCUT2D eigenvalue weighted by Crippen LogP contribution is -2.33. The zero-order valence-electron chi connectivity index (χ0n) is 17.5. The Bertz CT molecular complexity index is 1060. The first-order chi connectivity index (χ1) is 14.2. The van der Waals surface area contributed by atoms with E-state index in [-0.39, 0.29) is 35.7 Å². The molecular weight excluding hydrogens is 404 g/mol. The van der Waals surface area contributed by atoms with Crippen LogP contribution in [0.5, 0.6) is 0 Å². The Labute approximate surface area is 176 Å². The van der Waals surface area contributed by atoms with Gasteiger partial charge in [0, 0.05) is 28.9 Å². The molecule has 2 heterocycles. The topological polar surface area (TPSA) is 113 Å². The number of H-pyrrole nitrogens is 1. The van der Waals surface area contributed by atoms with E-state index in [9.17, 15) is 13.2 Å². The SMILES string of the molecule is Cc1c(Nc2ccc3c(c2)CS(=O)(=O)C3)n[nH]c1[C@H]1CC[C@@H](OC(=O)NC(C)C)C1. The molecule has 1 aromatic heterocycles. The number of benzene rings is 1. The molecule has 2 aromatic rings. The fourth-order valence-electron chi connectivity index (χ4n) is 4.30. The summed E-state index contributed by atoms with van der Waals surface area (Å²) >= 11 is 0. The molecule has 0 saturated heterocycles. The molecule has 1 amide bonds. The average molecular weight is 433 g/mol. The number of carbonyl (C=O) groups is 1. The van der Waals surface area contributed by atoms with Crippen molar-refractivity contribution in [2.45, 2.75) is 69.6 Å². The quantitative estimate of drug-likeness (QED) is 0.664. The molecule has 2 aliphatic rings. The summed E-state index contributed by atoms with van der Waals surface area (Å²) in [4.78, 5) is 11.8. The van der Waals surface area contributed by atoms with E-state index in [0.717, 1.165) is 53.2 Å². The second-order valence-corrected chi connectivity index (χ2v) is 10.7. The Morgan fingerprint density at radius 1 is 1.23 bits per heavy atom. The van der Waals surface area contributed by atoms with E-state index < -0.39 is 9.84 Å². The lowest BCUT2D eigenvalue weighted by Gasteiger charge is -2.15. The van der Waals surface area contributed by atoms with Crippen molar-refractivity contribution in [3.63, 3.8) is 0 Å². The molecule has 162 valence electrons. The molecule has 1 saturated carbocycles. The van der Waals surface area contributed by atoms with E-state index in [0.29, 0.717) is 0 Å². The molecule has 1 aliphatic heterocycles. The second kappa shape index (κ2) is 7.94. The van der Waals surface area contributed by atoms with Gasteiger partial charge < -0.3 is 15.4 Å². The lowest BCUT2D eigenvalue weighted by atomic mass is 10.0. The third-order valence-corrected chi connectivity index (χ3v) is 7.24. The highest BCUT2D eigenvalue weighted by Gasteiger charge is 2.31. The third kappa shape index (κ3) is 4.45. The maximum atomic E-state index is 11.8. The predicted octanol–water partition coefficient (Wildman–Crippen LogP) is 3.66. The molecule has 9 heteroatoms. The van der Waals surface area contributed by atoms with Gasteiger partial charge in [-0.15, -0.1) is 0 Å². The van der Waals surface area contributed by atoms with Crippen molar-refractivity contribution < 1.29 is 17.9 Å². The minimum Gasteiger partial charge on any atom is -0.446 e. The molecule has 2 atom stereocenters. The summed E-state index contributed by atoms with van der Waals surface area (Å²) in [6, 6.07) is 5.70. The summed E-state index contributed by atoms with van der Waals surface area (Å²) in [7, 11) is -3.02. The summed E-state index contributed by atoms with van der Waals surface area (Å²) in [6.45, 7) is 5.82. The minimum atomic E-state index is -3.02. The van der Waals surface area contributed by atoms with Gasteiger partial charge in [-0.2, -0.15) is 5.10 Å². The van der Waals surface area contributed by atoms with Crippen LogP contribution in [0.3, 0.4) is 0 Å². The first-order valence-corrected chi connectivity index (χ1v) is 12.1. The van der Waals surface area contributed by atoms with Gasteiger partial charge in [-0.3, -0.25) is 5.10 Å². The molecule has 0 bridgehead atoms. The van der Waals surface area contributed by atoms with Crippen LogP contribution in [0.15, 0.2) is 18.2 Å². The van der Waals surface area contributed by atoms with E-state index in [2.05, 4.69) is 20.8 Å². The average Bonchev–Trinajstić information content (AvgIpc) is 3.31. The van der Waals surface area contributed by atoms with Crippen molar-refractivity contribution in [2.75, 3.05) is 5.32 Å². The van der Waals surface area contributed by atoms with E-state index in [1.807, 2.05) is 39.0 Å². The highest BCUT2D eigenvalue weighted by molar-refractivity contribution is 7.90. The molecule has 30 heavy (non-hydrogen) atoms. The Morgan fingerprint density at radius 3 is 2.77 bits per heavy atom. The minimum absolute atomic E-state index is 0.0532. The third-order valence-electron chi connectivity index (χ3n) is 5.74. The smallest absolute Gasteiger partial charge is 0.407 e. The number of sulfone groups is 1. The first kappa shape index (κ1) is 20.7. The van der Waals surface area contributed by atoms with Crippen LogP contribution in [0.25, 0.3) is 0 Å². The summed E-state index contributed by atoms with van der Waals surface area (Å²) < 4.78 is 29.2. The van der Waals surface area contributed by atoms with Crippen molar-refractivity contribution in [2.24, 2.45) is 0 Å². The van der Waals surface area contributed by atoms with Crippen LogP contribution in [0.4, 0.5) is 16.3 Å². The summed E-state index contributed by atoms with van der Waals surface area (Å²) in [5.74, 6) is 1.20. The second-order valence-electron chi connectivity index (χ2n) is 8.59. The number of ether oxygens (including phenoxy) is 1. The van der Waals surface area contributed by atoms with Gasteiger partial charge >= 0.3 is 6.09 Å². The lowest BCUT2D eigenvalue weighted by molar-refractivity contribution is 0.0981. The van der Waals surface area contributed by atoms with Crippen LogP contribution in [0.2, 0.25) is 0 Å². The van der Waals surface area contributed by atoms with Crippen molar-refractivity contribution in [3.8, 4) is 0 Å². The summed E-state index contributed by atoms with van der Waals surface area (Å²) in [5, 5.41) is 13.6. The van der Waals surface area contributed by atoms with Crippen LogP contribution in [-0.4, -0.2) is 36.9 Å². The van der Waals surface area contributed by atoms with Gasteiger partial charge in [-0.1, -0.05) is 6.07 Å². The number of anilines is 2. The highest BCUT2D eigenvalue weighted by atomic mass is 32.2. The van der Waals surface area contributed by atoms with Gasteiger partial charge in [0.2, 0.25) is 0 Å². The summed E-state index contributed by atoms with van der Waals surface area (Å²) in [6.07, 6.45) is 2.07. The van der Waals surface area contributed by atoms with Crippen LogP contribution in [0.1, 0.15) is 61.4 Å². The fraction of sp³-hybridized carbons (Fsp3) is 0.524. The van der Waals surface area contributed by atoms with Gasteiger partial charge in [0.25, 0.3) is 0 Å². The molecule has 0 spiro atoms. The maximum absolute atomic E-state index is 11.8. The van der Waals surface area contributed by atoms with Crippen molar-refractivity contribution >= 4 is 27.4 Å². The van der Waals surface area contributed by atoms with E-state index in [1.54, 1.807) is 0 Å². The van der Waals surface area contributed by atoms with Gasteiger partial charge in [-0.25, -0.2) is 13.2 Å². The molecule has 8 nitrogen and oxygen atoms in total. The van der Waals surface area contributed by atoms with E-state index in [1.165, 1.54) is 0 Å². The molecule has 1 aliphatic carbocycles. The first-order valence-electron chi connectivity index (χ1n) is 10.3. The predicted molar refractivity (Wildman–Crippen MR) is 115 cm³/mol. The molecule has 4 rings (SSSR count). The molecule has 1 aromatic carbocycles. The Hall–Kier alpha value is -2.55. The number of hydrogen-bond donors (Lipinski definition) is 3. The number of fused-ring (bicyclic) bond motifs is 1. The number of nitrogens with zero attached hydrogens (tertiary/aromatic N) is 1. The number of aromatic nitrogens is 2. The van der Waals surface area contributed by atoms with E-state index >= 15 is 0 Å². The molecule has 1 fully saturated rings. The zero-order chi connectivity index (χ0) is 21.5. The molecule has 3 N–H and O–H groups in total. The normalized spacial score (nSPS) is 22.1. The van der Waals surface area contributed by atoms with Crippen LogP contribution in [-0.2, 0) is 26.1 Å². The Morgan fingerprint density at radius 2 is 2.00 bits per heavy atom. The number of alkyl carbamates (subject to hydrolysis) is 1. The monoisotopic (exact) mass is 432 g/mol. The van der Waals surface area contributed by atoms with Gasteiger partial charge in [0.15, 0.2) is 15.7 Å². The van der Waals surface area contributed by atoms with Gasteiger partial charge in [-0.05, 0) is 63.3 Å². The summed E-state index contributed by atoms with van der Waals surface area (Å²) in [5.41, 5.74) is 4.63. The van der Waals surface area contributed by atoms with Crippen LogP contribution >= 0.6 is 0 Å². The zero-order valence-corrected chi connectivity index (χ0v) is 18.3. The Balaban J connectivity index is 1.41. The molecular formula is C21H28N4O4S. The number of rotatable bonds is 5. The number of amides is 1. The highest BCUT2D eigenvalue weighted by Crippen LogP contribution is 2.38. The number of hydrogen-bond acceptors (Lipinski definition) is 6. The van der Waals surface area contributed by atoms with Gasteiger partial charge in [0.1, 0.15) is 6.10 Å². The van der Waals surface area contributed by atoms with E-state index in [4.69, 9.17) is 4.74 Å². The van der Waals surface area contributed by atoms with Gasteiger partial charge in [0.05, 0.1) is 11.5 Å². The van der Waals surface area contributed by atoms with Crippen LogP contribution < -0.4 is 10.6 Å². The largest absolute Gasteiger partial charge is 0.446 e. The molecule has 0 unspecified atom stereocenters. The van der Waals surface area contributed by atoms with Crippen molar-refractivity contribution in [1.29, 1.82) is 0 Å². The van der Waals surface area contributed by atoms with Crippen molar-refractivity contribution in [1.82, 2.24) is 15.5 Å². The number of carbonyl (C=O) groups excluding carboxylic acids is 1. The fourth-order valence-corrected chi connectivity index (χ4v) is 5.90. The number of aromatic amines is 1. The number of nitrogens with one attached hydrogen (secondary N) is 3. The van der Waals surface area contributed by atoms with Crippen LogP contribution in [0, 0.1) is 6.92 Å². The maximum Gasteiger partial charge on any atom is 0.407 e.